The number of hydrogen-bond donors (Lipinski definition) is 2. The quantitative estimate of drug-likeness (QED) is 0.294. The Morgan fingerprint density at radius 1 is 0.952 bits per heavy atom. The van der Waals surface area contributed by atoms with Crippen LogP contribution < -0.4 is 10.5 Å². The molecular weight excluding hydrogens is 610 g/mol. The van der Waals surface area contributed by atoms with Crippen molar-refractivity contribution < 1.29 is 36.6 Å². The summed E-state index contributed by atoms with van der Waals surface area (Å²) >= 11 is 12.4. The summed E-state index contributed by atoms with van der Waals surface area (Å²) in [4.78, 5) is 40.3. The first-order chi connectivity index (χ1) is 19.8. The molecule has 0 atom stereocenters. The molecule has 1 aliphatic rings. The topological polar surface area (TPSA) is 98.1 Å². The van der Waals surface area contributed by atoms with Gasteiger partial charge in [-0.1, -0.05) is 41.4 Å². The number of carbonyl (C=O) groups excluding carboxylic acids is 1. The number of amides is 1. The average Bonchev–Trinajstić information content (AvgIpc) is 3.26. The minimum Gasteiger partial charge on any atom is -0.475 e. The Morgan fingerprint density at radius 2 is 1.60 bits per heavy atom. The third-order valence-electron chi connectivity index (χ3n) is 6.44. The number of halogens is 7. The number of alkyl halides is 3. The molecule has 5 rings (SSSR count). The van der Waals surface area contributed by atoms with Crippen LogP contribution in [0.4, 0.5) is 27.6 Å². The van der Waals surface area contributed by atoms with E-state index in [1.54, 1.807) is 29.2 Å². The minimum atomic E-state index is -5.08. The second-order valence-electron chi connectivity index (χ2n) is 9.14. The number of H-pyrrole nitrogens is 1. The van der Waals surface area contributed by atoms with Gasteiger partial charge in [-0.2, -0.15) is 13.2 Å². The molecule has 1 amide bonds. The third-order valence-corrected chi connectivity index (χ3v) is 7.19. The average molecular weight is 631 g/mol. The van der Waals surface area contributed by atoms with Crippen LogP contribution in [0.15, 0.2) is 59.5 Å². The maximum absolute atomic E-state index is 14.7. The second-order valence-corrected chi connectivity index (χ2v) is 9.90. The monoisotopic (exact) mass is 630 g/mol. The molecule has 2 N–H and O–H groups in total. The van der Waals surface area contributed by atoms with Gasteiger partial charge in [0.15, 0.2) is 0 Å². The van der Waals surface area contributed by atoms with E-state index in [1.807, 2.05) is 4.90 Å². The number of carbonyl (C=O) groups is 2. The van der Waals surface area contributed by atoms with Gasteiger partial charge in [0.25, 0.3) is 11.5 Å². The lowest BCUT2D eigenvalue weighted by Gasteiger charge is -2.36. The van der Waals surface area contributed by atoms with E-state index in [9.17, 15) is 31.5 Å². The van der Waals surface area contributed by atoms with Crippen molar-refractivity contribution in [2.45, 2.75) is 12.6 Å². The normalized spacial score (nSPS) is 13.6. The van der Waals surface area contributed by atoms with Crippen LogP contribution in [0.5, 0.6) is 0 Å². The van der Waals surface area contributed by atoms with Gasteiger partial charge in [0.05, 0.1) is 16.3 Å². The fourth-order valence-electron chi connectivity index (χ4n) is 4.41. The summed E-state index contributed by atoms with van der Waals surface area (Å²) in [5, 5.41) is 7.57. The zero-order valence-electron chi connectivity index (χ0n) is 21.4. The van der Waals surface area contributed by atoms with Gasteiger partial charge < -0.3 is 19.9 Å². The van der Waals surface area contributed by atoms with Crippen LogP contribution in [0, 0.1) is 11.6 Å². The zero-order chi connectivity index (χ0) is 30.8. The van der Waals surface area contributed by atoms with Crippen molar-refractivity contribution in [3.63, 3.8) is 0 Å². The van der Waals surface area contributed by atoms with Gasteiger partial charge >= 0.3 is 12.1 Å². The molecule has 8 nitrogen and oxygen atoms in total. The lowest BCUT2D eigenvalue weighted by molar-refractivity contribution is -0.192. The maximum atomic E-state index is 14.7. The van der Waals surface area contributed by atoms with E-state index in [4.69, 9.17) is 33.1 Å². The van der Waals surface area contributed by atoms with Crippen molar-refractivity contribution >= 4 is 46.3 Å². The zero-order valence-corrected chi connectivity index (χ0v) is 22.9. The second kappa shape index (κ2) is 12.4. The molecular formula is C27H21Cl2F5N4O4. The Bertz CT molecular complexity index is 1700. The van der Waals surface area contributed by atoms with Crippen molar-refractivity contribution in [3.8, 4) is 0 Å². The molecule has 15 heteroatoms. The Kier molecular flexibility index (Phi) is 9.12. The van der Waals surface area contributed by atoms with Gasteiger partial charge in [0.1, 0.15) is 22.3 Å². The number of nitrogens with zero attached hydrogens (tertiary/aromatic N) is 3. The van der Waals surface area contributed by atoms with Crippen molar-refractivity contribution in [3.05, 3.63) is 104 Å². The molecule has 0 unspecified atom stereocenters. The molecule has 42 heavy (non-hydrogen) atoms. The molecule has 2 aromatic carbocycles. The van der Waals surface area contributed by atoms with E-state index in [0.717, 1.165) is 0 Å². The van der Waals surface area contributed by atoms with Crippen LogP contribution in [-0.2, 0) is 11.2 Å². The highest BCUT2D eigenvalue weighted by Gasteiger charge is 2.38. The molecule has 0 radical (unpaired) electrons. The number of nitrogens with one attached hydrogen (secondary N) is 1. The Morgan fingerprint density at radius 3 is 2.21 bits per heavy atom. The van der Waals surface area contributed by atoms with Crippen molar-refractivity contribution in [2.75, 3.05) is 31.1 Å². The molecule has 222 valence electrons. The number of rotatable bonds is 4. The first-order valence-corrected chi connectivity index (χ1v) is 13.0. The SMILES string of the molecule is O=C(O)C(F)(F)F.O=C(c1cc(Cc2c[nH]c(=O)c3cc(Cl)c(Cl)n23)ccc1F)N1CCN(c2ccccc2F)CC1. The molecule has 0 bridgehead atoms. The predicted octanol–water partition coefficient (Wildman–Crippen LogP) is 5.40. The smallest absolute Gasteiger partial charge is 0.475 e. The van der Waals surface area contributed by atoms with E-state index in [2.05, 4.69) is 4.98 Å². The van der Waals surface area contributed by atoms with Gasteiger partial charge in [0, 0.05) is 44.5 Å². The van der Waals surface area contributed by atoms with E-state index in [1.165, 1.54) is 34.9 Å². The molecule has 0 spiro atoms. The van der Waals surface area contributed by atoms with Gasteiger partial charge in [0.2, 0.25) is 0 Å². The van der Waals surface area contributed by atoms with Crippen molar-refractivity contribution in [1.82, 2.24) is 14.3 Å². The summed E-state index contributed by atoms with van der Waals surface area (Å²) in [5.74, 6) is -4.12. The first-order valence-electron chi connectivity index (χ1n) is 12.2. The molecule has 2 aromatic heterocycles. The highest BCUT2D eigenvalue weighted by atomic mass is 35.5. The number of aromatic amines is 1. The molecule has 1 fully saturated rings. The highest BCUT2D eigenvalue weighted by molar-refractivity contribution is 6.42. The number of para-hydroxylation sites is 1. The standard InChI is InChI=1S/C25H20Cl2F2N4O2.C2HF3O2/c26-18-13-22-24(34)30-14-16(33(22)23(18)27)11-15-5-6-19(28)17(12-15)25(35)32-9-7-31(8-10-32)21-4-2-1-3-20(21)29;3-2(4,5)1(6)7/h1-6,12-14H,7-11H2,(H,30,34);(H,6,7). The summed E-state index contributed by atoms with van der Waals surface area (Å²) in [7, 11) is 0. The van der Waals surface area contributed by atoms with E-state index in [0.29, 0.717) is 48.6 Å². The Labute approximate surface area is 244 Å². The van der Waals surface area contributed by atoms with Crippen LogP contribution in [0.25, 0.3) is 5.52 Å². The number of carboxylic acid groups (broad SMARTS) is 1. The third kappa shape index (κ3) is 6.68. The molecule has 0 aliphatic carbocycles. The molecule has 4 aromatic rings. The van der Waals surface area contributed by atoms with Crippen LogP contribution in [0.1, 0.15) is 21.6 Å². The number of aromatic nitrogens is 2. The summed E-state index contributed by atoms with van der Waals surface area (Å²) < 4.78 is 62.1. The lowest BCUT2D eigenvalue weighted by atomic mass is 10.0. The summed E-state index contributed by atoms with van der Waals surface area (Å²) in [5.41, 5.74) is 1.69. The van der Waals surface area contributed by atoms with Gasteiger partial charge in [-0.25, -0.2) is 13.6 Å². The van der Waals surface area contributed by atoms with E-state index in [-0.39, 0.29) is 33.5 Å². The van der Waals surface area contributed by atoms with Crippen molar-refractivity contribution in [2.24, 2.45) is 0 Å². The van der Waals surface area contributed by atoms with Crippen LogP contribution in [0.2, 0.25) is 10.2 Å². The number of hydrogen-bond acceptors (Lipinski definition) is 4. The lowest BCUT2D eigenvalue weighted by Crippen LogP contribution is -2.49. The number of piperazine rings is 1. The van der Waals surface area contributed by atoms with Gasteiger partial charge in [-0.3, -0.25) is 14.0 Å². The van der Waals surface area contributed by atoms with Crippen LogP contribution in [-0.4, -0.2) is 63.6 Å². The van der Waals surface area contributed by atoms with E-state index >= 15 is 0 Å². The number of benzene rings is 2. The first kappa shape index (κ1) is 30.8. The van der Waals surface area contributed by atoms with Crippen LogP contribution in [0.3, 0.4) is 0 Å². The van der Waals surface area contributed by atoms with Crippen molar-refractivity contribution in [1.29, 1.82) is 0 Å². The number of carboxylic acids is 1. The predicted molar refractivity (Wildman–Crippen MR) is 145 cm³/mol. The number of anilines is 1. The Balaban J connectivity index is 0.000000517. The maximum Gasteiger partial charge on any atom is 0.490 e. The largest absolute Gasteiger partial charge is 0.490 e. The molecule has 0 saturated carbocycles. The van der Waals surface area contributed by atoms with Gasteiger partial charge in [-0.15, -0.1) is 0 Å². The number of aliphatic carboxylic acids is 1. The summed E-state index contributed by atoms with van der Waals surface area (Å²) in [6.07, 6.45) is -3.29. The molecule has 1 aliphatic heterocycles. The summed E-state index contributed by atoms with van der Waals surface area (Å²) in [6, 6.07) is 12.3. The minimum absolute atomic E-state index is 0.0425. The fraction of sp³-hybridized carbons (Fsp3) is 0.222. The van der Waals surface area contributed by atoms with Gasteiger partial charge in [-0.05, 0) is 35.9 Å². The molecule has 1 saturated heterocycles. The Hall–Kier alpha value is -4.10. The fourth-order valence-corrected chi connectivity index (χ4v) is 4.85. The molecule has 3 heterocycles. The summed E-state index contributed by atoms with van der Waals surface area (Å²) in [6.45, 7) is 1.57. The number of fused-ring (bicyclic) bond motifs is 1. The van der Waals surface area contributed by atoms with E-state index < -0.39 is 23.9 Å². The van der Waals surface area contributed by atoms with Crippen LogP contribution >= 0.6 is 23.2 Å². The highest BCUT2D eigenvalue weighted by Crippen LogP contribution is 2.27.